The van der Waals surface area contributed by atoms with Crippen molar-refractivity contribution in [1.29, 1.82) is 10.5 Å². The summed E-state index contributed by atoms with van der Waals surface area (Å²) in [6, 6.07) is 3.91. The molecule has 56 valence electrons. The minimum absolute atomic E-state index is 0.120. The van der Waals surface area contributed by atoms with Crippen LogP contribution in [0.5, 0.6) is 0 Å². The molecule has 11 heavy (non-hydrogen) atoms. The number of nitrogens with one attached hydrogen (secondary N) is 2. The topological polar surface area (TPSA) is 71.6 Å². The van der Waals surface area contributed by atoms with Crippen molar-refractivity contribution in [2.75, 3.05) is 6.54 Å². The lowest BCUT2D eigenvalue weighted by atomic mass is 10.3. The van der Waals surface area contributed by atoms with E-state index in [1.165, 1.54) is 0 Å². The lowest BCUT2D eigenvalue weighted by molar-refractivity contribution is 0.713. The third-order valence-corrected chi connectivity index (χ3v) is 1.45. The van der Waals surface area contributed by atoms with Gasteiger partial charge in [-0.05, 0) is 6.92 Å². The molecule has 4 nitrogen and oxygen atoms in total. The van der Waals surface area contributed by atoms with Crippen LogP contribution in [0, 0.1) is 22.7 Å². The molecule has 0 amide bonds. The Hall–Kier alpha value is -1.68. The summed E-state index contributed by atoms with van der Waals surface area (Å²) in [4.78, 5) is 0. The van der Waals surface area contributed by atoms with E-state index < -0.39 is 0 Å². The van der Waals surface area contributed by atoms with Gasteiger partial charge in [0.15, 0.2) is 5.57 Å². The molecule has 0 saturated carbocycles. The molecule has 0 aromatic heterocycles. The summed E-state index contributed by atoms with van der Waals surface area (Å²) in [6.07, 6.45) is 0. The maximum Gasteiger partial charge on any atom is 0.169 e. The summed E-state index contributed by atoms with van der Waals surface area (Å²) in [5.74, 6) is 0.558. The molecule has 1 aliphatic rings. The Bertz CT molecular complexity index is 249. The van der Waals surface area contributed by atoms with Crippen molar-refractivity contribution in [3.8, 4) is 12.1 Å². The molecule has 1 atom stereocenters. The number of hydrogen-bond acceptors (Lipinski definition) is 4. The van der Waals surface area contributed by atoms with Crippen molar-refractivity contribution in [2.24, 2.45) is 0 Å². The molecule has 1 heterocycles. The molecule has 2 N–H and O–H groups in total. The highest BCUT2D eigenvalue weighted by molar-refractivity contribution is 5.39. The van der Waals surface area contributed by atoms with E-state index in [4.69, 9.17) is 10.5 Å². The normalized spacial score (nSPS) is 21.0. The summed E-state index contributed by atoms with van der Waals surface area (Å²) >= 11 is 0. The number of hydrogen-bond donors (Lipinski definition) is 2. The van der Waals surface area contributed by atoms with Gasteiger partial charge in [0.1, 0.15) is 18.0 Å². The monoisotopic (exact) mass is 148 g/mol. The third kappa shape index (κ3) is 1.42. The van der Waals surface area contributed by atoms with Crippen molar-refractivity contribution in [3.63, 3.8) is 0 Å². The fourth-order valence-electron chi connectivity index (χ4n) is 0.901. The summed E-state index contributed by atoms with van der Waals surface area (Å²) in [7, 11) is 0. The molecule has 1 fully saturated rings. The molecule has 0 bridgehead atoms. The first kappa shape index (κ1) is 7.43. The van der Waals surface area contributed by atoms with E-state index in [2.05, 4.69) is 10.6 Å². The Morgan fingerprint density at radius 2 is 2.18 bits per heavy atom. The van der Waals surface area contributed by atoms with Gasteiger partial charge in [-0.3, -0.25) is 0 Å². The Morgan fingerprint density at radius 1 is 1.55 bits per heavy atom. The lowest BCUT2D eigenvalue weighted by Crippen LogP contribution is -2.18. The molecular formula is C7H8N4. The van der Waals surface area contributed by atoms with Crippen LogP contribution in [0.2, 0.25) is 0 Å². The SMILES string of the molecule is CC1CNC(=C(C#N)C#N)N1. The van der Waals surface area contributed by atoms with Gasteiger partial charge >= 0.3 is 0 Å². The van der Waals surface area contributed by atoms with Gasteiger partial charge in [0.2, 0.25) is 0 Å². The number of nitrogens with zero attached hydrogens (tertiary/aromatic N) is 2. The molecule has 0 aliphatic carbocycles. The van der Waals surface area contributed by atoms with Crippen molar-refractivity contribution >= 4 is 0 Å². The van der Waals surface area contributed by atoms with Crippen LogP contribution in [0.3, 0.4) is 0 Å². The van der Waals surface area contributed by atoms with Crippen LogP contribution < -0.4 is 10.6 Å². The van der Waals surface area contributed by atoms with Gasteiger partial charge in [0, 0.05) is 12.6 Å². The highest BCUT2D eigenvalue weighted by Crippen LogP contribution is 2.02. The highest BCUT2D eigenvalue weighted by atomic mass is 15.2. The fourth-order valence-corrected chi connectivity index (χ4v) is 0.901. The van der Waals surface area contributed by atoms with Crippen molar-refractivity contribution in [2.45, 2.75) is 13.0 Å². The summed E-state index contributed by atoms with van der Waals surface area (Å²) in [5.41, 5.74) is 0.120. The molecule has 0 spiro atoms. The van der Waals surface area contributed by atoms with Gasteiger partial charge in [-0.2, -0.15) is 10.5 Å². The molecular weight excluding hydrogens is 140 g/mol. The minimum Gasteiger partial charge on any atom is -0.368 e. The first-order valence-electron chi connectivity index (χ1n) is 3.33. The Labute approximate surface area is 65.1 Å². The Balaban J connectivity index is 2.83. The largest absolute Gasteiger partial charge is 0.368 e. The van der Waals surface area contributed by atoms with Crippen LogP contribution in [0.4, 0.5) is 0 Å². The maximum absolute atomic E-state index is 8.46. The summed E-state index contributed by atoms with van der Waals surface area (Å²) < 4.78 is 0. The van der Waals surface area contributed by atoms with E-state index in [9.17, 15) is 0 Å². The average Bonchev–Trinajstić information content (AvgIpc) is 2.39. The second kappa shape index (κ2) is 2.94. The molecule has 0 radical (unpaired) electrons. The van der Waals surface area contributed by atoms with E-state index in [1.54, 1.807) is 0 Å². The van der Waals surface area contributed by atoms with Gasteiger partial charge in [-0.25, -0.2) is 0 Å². The van der Waals surface area contributed by atoms with Crippen molar-refractivity contribution in [3.05, 3.63) is 11.4 Å². The van der Waals surface area contributed by atoms with Crippen LogP contribution in [-0.4, -0.2) is 12.6 Å². The second-order valence-corrected chi connectivity index (χ2v) is 2.40. The molecule has 4 heteroatoms. The smallest absolute Gasteiger partial charge is 0.169 e. The fraction of sp³-hybridized carbons (Fsp3) is 0.429. The standard InChI is InChI=1S/C7H8N4/c1-5-4-10-7(11-5)6(2-8)3-9/h5,10-11H,4H2,1H3. The predicted molar refractivity (Wildman–Crippen MR) is 38.9 cm³/mol. The van der Waals surface area contributed by atoms with Crippen molar-refractivity contribution in [1.82, 2.24) is 10.6 Å². The molecule has 0 aromatic carbocycles. The third-order valence-electron chi connectivity index (χ3n) is 1.45. The zero-order valence-corrected chi connectivity index (χ0v) is 6.18. The Kier molecular flexibility index (Phi) is 1.98. The zero-order chi connectivity index (χ0) is 8.27. The highest BCUT2D eigenvalue weighted by Gasteiger charge is 2.15. The van der Waals surface area contributed by atoms with E-state index in [0.29, 0.717) is 11.9 Å². The number of allylic oxidation sites excluding steroid dienone is 1. The molecule has 1 saturated heterocycles. The van der Waals surface area contributed by atoms with E-state index in [0.717, 1.165) is 6.54 Å². The molecule has 1 unspecified atom stereocenters. The van der Waals surface area contributed by atoms with Crippen LogP contribution >= 0.6 is 0 Å². The van der Waals surface area contributed by atoms with E-state index >= 15 is 0 Å². The maximum atomic E-state index is 8.46. The van der Waals surface area contributed by atoms with Crippen LogP contribution in [0.1, 0.15) is 6.92 Å². The lowest BCUT2D eigenvalue weighted by Gasteiger charge is -1.99. The van der Waals surface area contributed by atoms with Gasteiger partial charge in [0.25, 0.3) is 0 Å². The van der Waals surface area contributed by atoms with Gasteiger partial charge < -0.3 is 10.6 Å². The quantitative estimate of drug-likeness (QED) is 0.468. The van der Waals surface area contributed by atoms with Crippen molar-refractivity contribution < 1.29 is 0 Å². The van der Waals surface area contributed by atoms with E-state index in [-0.39, 0.29) is 5.57 Å². The first-order chi connectivity index (χ1) is 5.27. The van der Waals surface area contributed by atoms with Crippen LogP contribution in [0.15, 0.2) is 11.4 Å². The molecule has 0 aromatic rings. The molecule has 1 aliphatic heterocycles. The second-order valence-electron chi connectivity index (χ2n) is 2.40. The first-order valence-corrected chi connectivity index (χ1v) is 3.33. The molecule has 1 rings (SSSR count). The van der Waals surface area contributed by atoms with Crippen LogP contribution in [-0.2, 0) is 0 Å². The van der Waals surface area contributed by atoms with Gasteiger partial charge in [-0.15, -0.1) is 0 Å². The minimum atomic E-state index is 0.120. The number of nitriles is 2. The van der Waals surface area contributed by atoms with E-state index in [1.807, 2.05) is 19.1 Å². The zero-order valence-electron chi connectivity index (χ0n) is 6.18. The van der Waals surface area contributed by atoms with Gasteiger partial charge in [-0.1, -0.05) is 0 Å². The summed E-state index contributed by atoms with van der Waals surface area (Å²) in [6.45, 7) is 2.74. The Morgan fingerprint density at radius 3 is 2.55 bits per heavy atom. The average molecular weight is 148 g/mol. The number of rotatable bonds is 0. The predicted octanol–water partition coefficient (Wildman–Crippen LogP) is -0.174. The summed E-state index contributed by atoms with van der Waals surface area (Å²) in [5, 5.41) is 22.8. The van der Waals surface area contributed by atoms with Crippen LogP contribution in [0.25, 0.3) is 0 Å². The van der Waals surface area contributed by atoms with Gasteiger partial charge in [0.05, 0.1) is 0 Å².